The Morgan fingerprint density at radius 3 is 2.56 bits per heavy atom. The standard InChI is InChI=1S/C12H16BrF3N2/c1-18(8-10(6-17)12(14,15)16)7-9-3-2-4-11(13)5-9/h2-5,10H,6-8,17H2,1H3. The van der Waals surface area contributed by atoms with Crippen molar-refractivity contribution >= 4 is 15.9 Å². The van der Waals surface area contributed by atoms with E-state index in [0.29, 0.717) is 6.54 Å². The molecule has 0 fully saturated rings. The van der Waals surface area contributed by atoms with Crippen molar-refractivity contribution in [1.29, 1.82) is 0 Å². The zero-order valence-electron chi connectivity index (χ0n) is 10.0. The van der Waals surface area contributed by atoms with Crippen molar-refractivity contribution in [1.82, 2.24) is 4.90 Å². The van der Waals surface area contributed by atoms with Gasteiger partial charge in [0.15, 0.2) is 0 Å². The molecule has 0 radical (unpaired) electrons. The van der Waals surface area contributed by atoms with E-state index in [4.69, 9.17) is 5.73 Å². The normalized spacial score (nSPS) is 13.9. The number of rotatable bonds is 5. The van der Waals surface area contributed by atoms with Crippen LogP contribution in [0.1, 0.15) is 5.56 Å². The van der Waals surface area contributed by atoms with Crippen LogP contribution < -0.4 is 5.73 Å². The summed E-state index contributed by atoms with van der Waals surface area (Å²) >= 11 is 3.33. The minimum atomic E-state index is -4.24. The lowest BCUT2D eigenvalue weighted by atomic mass is 10.1. The lowest BCUT2D eigenvalue weighted by Gasteiger charge is -2.25. The van der Waals surface area contributed by atoms with Gasteiger partial charge in [-0.3, -0.25) is 0 Å². The maximum atomic E-state index is 12.6. The second-order valence-electron chi connectivity index (χ2n) is 4.30. The fraction of sp³-hybridized carbons (Fsp3) is 0.500. The summed E-state index contributed by atoms with van der Waals surface area (Å²) in [6.07, 6.45) is -4.24. The van der Waals surface area contributed by atoms with Crippen molar-refractivity contribution in [2.24, 2.45) is 11.7 Å². The lowest BCUT2D eigenvalue weighted by Crippen LogP contribution is -2.39. The summed E-state index contributed by atoms with van der Waals surface area (Å²) in [4.78, 5) is 1.63. The van der Waals surface area contributed by atoms with Crippen LogP contribution in [0, 0.1) is 5.92 Å². The summed E-state index contributed by atoms with van der Waals surface area (Å²) in [7, 11) is 1.66. The second kappa shape index (κ2) is 6.54. The number of alkyl halides is 3. The highest BCUT2D eigenvalue weighted by atomic mass is 79.9. The van der Waals surface area contributed by atoms with E-state index in [1.807, 2.05) is 24.3 Å². The van der Waals surface area contributed by atoms with E-state index in [1.54, 1.807) is 11.9 Å². The Hall–Kier alpha value is -0.590. The molecule has 0 bridgehead atoms. The van der Waals surface area contributed by atoms with Crippen LogP contribution in [0.3, 0.4) is 0 Å². The van der Waals surface area contributed by atoms with Gasteiger partial charge in [-0.1, -0.05) is 28.1 Å². The van der Waals surface area contributed by atoms with Gasteiger partial charge in [0.25, 0.3) is 0 Å². The maximum Gasteiger partial charge on any atom is 0.394 e. The number of hydrogen-bond donors (Lipinski definition) is 1. The molecule has 2 N–H and O–H groups in total. The van der Waals surface area contributed by atoms with Crippen LogP contribution in [0.25, 0.3) is 0 Å². The summed E-state index contributed by atoms with van der Waals surface area (Å²) in [5, 5.41) is 0. The van der Waals surface area contributed by atoms with Crippen LogP contribution in [-0.4, -0.2) is 31.2 Å². The fourth-order valence-electron chi connectivity index (χ4n) is 1.70. The van der Waals surface area contributed by atoms with Crippen LogP contribution in [0.4, 0.5) is 13.2 Å². The molecule has 1 unspecified atom stereocenters. The SMILES string of the molecule is CN(Cc1cccc(Br)c1)CC(CN)C(F)(F)F. The van der Waals surface area contributed by atoms with E-state index in [-0.39, 0.29) is 13.1 Å². The lowest BCUT2D eigenvalue weighted by molar-refractivity contribution is -0.175. The molecular weight excluding hydrogens is 309 g/mol. The topological polar surface area (TPSA) is 29.3 Å². The average molecular weight is 325 g/mol. The Morgan fingerprint density at radius 1 is 1.39 bits per heavy atom. The smallest absolute Gasteiger partial charge is 0.330 e. The molecule has 18 heavy (non-hydrogen) atoms. The Morgan fingerprint density at radius 2 is 2.06 bits per heavy atom. The van der Waals surface area contributed by atoms with Crippen LogP contribution in [0.5, 0.6) is 0 Å². The highest BCUT2D eigenvalue weighted by Gasteiger charge is 2.38. The quantitative estimate of drug-likeness (QED) is 0.902. The van der Waals surface area contributed by atoms with Crippen molar-refractivity contribution in [3.8, 4) is 0 Å². The molecule has 2 nitrogen and oxygen atoms in total. The van der Waals surface area contributed by atoms with Crippen molar-refractivity contribution in [3.05, 3.63) is 34.3 Å². The van der Waals surface area contributed by atoms with Crippen molar-refractivity contribution < 1.29 is 13.2 Å². The Labute approximate surface area is 113 Å². The van der Waals surface area contributed by atoms with Gasteiger partial charge in [0.1, 0.15) is 0 Å². The molecule has 0 saturated heterocycles. The Kier molecular flexibility index (Phi) is 5.62. The first-order valence-corrected chi connectivity index (χ1v) is 6.32. The monoisotopic (exact) mass is 324 g/mol. The molecule has 0 saturated carbocycles. The second-order valence-corrected chi connectivity index (χ2v) is 5.22. The van der Waals surface area contributed by atoms with E-state index in [0.717, 1.165) is 10.0 Å². The van der Waals surface area contributed by atoms with Gasteiger partial charge in [-0.05, 0) is 24.7 Å². The van der Waals surface area contributed by atoms with E-state index in [2.05, 4.69) is 15.9 Å². The molecule has 102 valence electrons. The molecule has 1 atom stereocenters. The predicted octanol–water partition coefficient (Wildman–Crippen LogP) is 3.02. The molecular formula is C12H16BrF3N2. The van der Waals surface area contributed by atoms with E-state index in [1.165, 1.54) is 0 Å². The molecule has 0 spiro atoms. The Balaban J connectivity index is 2.58. The molecule has 0 aliphatic rings. The summed E-state index contributed by atoms with van der Waals surface area (Å²) in [5.41, 5.74) is 6.13. The summed E-state index contributed by atoms with van der Waals surface area (Å²) in [6.45, 7) is -0.00907. The number of benzene rings is 1. The van der Waals surface area contributed by atoms with Gasteiger partial charge in [0.2, 0.25) is 0 Å². The highest BCUT2D eigenvalue weighted by Crippen LogP contribution is 2.26. The average Bonchev–Trinajstić information content (AvgIpc) is 2.24. The summed E-state index contributed by atoms with van der Waals surface area (Å²) in [5.74, 6) is -1.48. The third kappa shape index (κ3) is 4.96. The van der Waals surface area contributed by atoms with Crippen LogP contribution in [-0.2, 0) is 6.54 Å². The number of nitrogens with zero attached hydrogens (tertiary/aromatic N) is 1. The van der Waals surface area contributed by atoms with E-state index < -0.39 is 12.1 Å². The third-order valence-electron chi connectivity index (χ3n) is 2.62. The first-order chi connectivity index (χ1) is 8.32. The number of halogens is 4. The molecule has 0 heterocycles. The molecule has 6 heteroatoms. The van der Waals surface area contributed by atoms with E-state index in [9.17, 15) is 13.2 Å². The van der Waals surface area contributed by atoms with Crippen LogP contribution >= 0.6 is 15.9 Å². The zero-order chi connectivity index (χ0) is 13.8. The largest absolute Gasteiger partial charge is 0.394 e. The molecule has 0 aromatic heterocycles. The van der Waals surface area contributed by atoms with Gasteiger partial charge >= 0.3 is 6.18 Å². The van der Waals surface area contributed by atoms with Gasteiger partial charge < -0.3 is 10.6 Å². The van der Waals surface area contributed by atoms with Gasteiger partial charge in [-0.25, -0.2) is 0 Å². The molecule has 1 aromatic rings. The molecule has 0 amide bonds. The molecule has 0 aliphatic carbocycles. The van der Waals surface area contributed by atoms with Gasteiger partial charge in [-0.15, -0.1) is 0 Å². The predicted molar refractivity (Wildman–Crippen MR) is 69.1 cm³/mol. The van der Waals surface area contributed by atoms with Crippen LogP contribution in [0.15, 0.2) is 28.7 Å². The first-order valence-electron chi connectivity index (χ1n) is 5.52. The van der Waals surface area contributed by atoms with Gasteiger partial charge in [-0.2, -0.15) is 13.2 Å². The van der Waals surface area contributed by atoms with Crippen molar-refractivity contribution in [2.75, 3.05) is 20.1 Å². The van der Waals surface area contributed by atoms with Crippen molar-refractivity contribution in [3.63, 3.8) is 0 Å². The summed E-state index contributed by atoms with van der Waals surface area (Å²) in [6, 6.07) is 7.51. The number of nitrogens with two attached hydrogens (primary N) is 1. The third-order valence-corrected chi connectivity index (χ3v) is 3.11. The maximum absolute atomic E-state index is 12.6. The molecule has 0 aliphatic heterocycles. The highest BCUT2D eigenvalue weighted by molar-refractivity contribution is 9.10. The fourth-order valence-corrected chi connectivity index (χ4v) is 2.15. The van der Waals surface area contributed by atoms with Crippen molar-refractivity contribution in [2.45, 2.75) is 12.7 Å². The Bertz CT molecular complexity index is 382. The van der Waals surface area contributed by atoms with E-state index >= 15 is 0 Å². The first kappa shape index (κ1) is 15.5. The zero-order valence-corrected chi connectivity index (χ0v) is 11.6. The minimum absolute atomic E-state index is 0.0908. The molecule has 1 aromatic carbocycles. The van der Waals surface area contributed by atoms with Gasteiger partial charge in [0.05, 0.1) is 5.92 Å². The molecule has 1 rings (SSSR count). The van der Waals surface area contributed by atoms with Crippen LogP contribution in [0.2, 0.25) is 0 Å². The number of hydrogen-bond acceptors (Lipinski definition) is 2. The minimum Gasteiger partial charge on any atom is -0.330 e. The van der Waals surface area contributed by atoms with Gasteiger partial charge in [0, 0.05) is 24.1 Å². The summed E-state index contributed by atoms with van der Waals surface area (Å²) < 4.78 is 38.6.